The standard InChI is InChI=1S/C22H24Cl2N2O5S/c1-14-18(22(28)31-2)6-3-7-20(14)25-21(27)15-5-4-10-26(12-15)32(29,30)13-16-8-9-17(23)11-19(16)24/h3,6-9,11,15H,4-5,10,12-13H2,1-2H3,(H,25,27)/t15-/m0/s1. The SMILES string of the molecule is COC(=O)c1cccc(NC(=O)[C@H]2CCCN(S(=O)(=O)Cc3ccc(Cl)cc3Cl)C2)c1C. The van der Waals surface area contributed by atoms with Crippen LogP contribution in [0.4, 0.5) is 5.69 Å². The van der Waals surface area contributed by atoms with Crippen LogP contribution in [0.1, 0.15) is 34.3 Å². The fourth-order valence-corrected chi connectivity index (χ4v) is 5.87. The van der Waals surface area contributed by atoms with E-state index in [1.807, 2.05) is 0 Å². The van der Waals surface area contributed by atoms with Crippen LogP contribution in [-0.4, -0.2) is 44.8 Å². The minimum absolute atomic E-state index is 0.0785. The zero-order chi connectivity index (χ0) is 23.5. The van der Waals surface area contributed by atoms with Crippen LogP contribution in [0.2, 0.25) is 10.0 Å². The molecule has 1 N–H and O–H groups in total. The molecule has 1 heterocycles. The van der Waals surface area contributed by atoms with Gasteiger partial charge < -0.3 is 10.1 Å². The van der Waals surface area contributed by atoms with Crippen molar-refractivity contribution in [3.63, 3.8) is 0 Å². The molecule has 1 aliphatic heterocycles. The Hall–Kier alpha value is -2.13. The van der Waals surface area contributed by atoms with E-state index in [0.717, 1.165) is 0 Å². The molecule has 1 saturated heterocycles. The summed E-state index contributed by atoms with van der Waals surface area (Å²) >= 11 is 12.0. The number of methoxy groups -OCH3 is 1. The van der Waals surface area contributed by atoms with Crippen molar-refractivity contribution in [3.8, 4) is 0 Å². The third kappa shape index (κ3) is 5.61. The van der Waals surface area contributed by atoms with Crippen molar-refractivity contribution in [1.29, 1.82) is 0 Å². The lowest BCUT2D eigenvalue weighted by molar-refractivity contribution is -0.120. The number of esters is 1. The van der Waals surface area contributed by atoms with Crippen molar-refractivity contribution in [1.82, 2.24) is 4.31 Å². The summed E-state index contributed by atoms with van der Waals surface area (Å²) < 4.78 is 32.1. The van der Waals surface area contributed by atoms with Gasteiger partial charge >= 0.3 is 5.97 Å². The molecule has 0 spiro atoms. The van der Waals surface area contributed by atoms with Crippen LogP contribution in [0, 0.1) is 12.8 Å². The number of anilines is 1. The summed E-state index contributed by atoms with van der Waals surface area (Å²) in [5.74, 6) is -1.56. The highest BCUT2D eigenvalue weighted by atomic mass is 35.5. The van der Waals surface area contributed by atoms with Gasteiger partial charge in [-0.3, -0.25) is 4.79 Å². The van der Waals surface area contributed by atoms with E-state index in [9.17, 15) is 18.0 Å². The number of halogens is 2. The third-order valence-electron chi connectivity index (χ3n) is 5.50. The normalized spacial score (nSPS) is 17.1. The Morgan fingerprint density at radius 2 is 1.97 bits per heavy atom. The van der Waals surface area contributed by atoms with Gasteiger partial charge in [0, 0.05) is 28.8 Å². The maximum absolute atomic E-state index is 13.0. The Labute approximate surface area is 197 Å². The quantitative estimate of drug-likeness (QED) is 0.600. The Bertz CT molecular complexity index is 1140. The summed E-state index contributed by atoms with van der Waals surface area (Å²) in [7, 11) is -2.38. The van der Waals surface area contributed by atoms with E-state index in [1.54, 1.807) is 37.3 Å². The van der Waals surface area contributed by atoms with Gasteiger partial charge in [-0.2, -0.15) is 0 Å². The predicted molar refractivity (Wildman–Crippen MR) is 125 cm³/mol. The molecule has 1 aliphatic rings. The van der Waals surface area contributed by atoms with E-state index >= 15 is 0 Å². The smallest absolute Gasteiger partial charge is 0.338 e. The number of rotatable bonds is 6. The first-order valence-corrected chi connectivity index (χ1v) is 12.4. The van der Waals surface area contributed by atoms with Gasteiger partial charge in [0.2, 0.25) is 15.9 Å². The van der Waals surface area contributed by atoms with Gasteiger partial charge in [-0.15, -0.1) is 0 Å². The summed E-state index contributed by atoms with van der Waals surface area (Å²) in [6.45, 7) is 2.14. The first-order chi connectivity index (χ1) is 15.1. The molecule has 2 aromatic rings. The number of amides is 1. The second-order valence-electron chi connectivity index (χ2n) is 7.65. The van der Waals surface area contributed by atoms with Crippen molar-refractivity contribution in [2.45, 2.75) is 25.5 Å². The van der Waals surface area contributed by atoms with E-state index in [-0.39, 0.29) is 23.2 Å². The zero-order valence-corrected chi connectivity index (χ0v) is 20.1. The van der Waals surface area contributed by atoms with Crippen LogP contribution < -0.4 is 5.32 Å². The Balaban J connectivity index is 1.71. The molecule has 172 valence electrons. The highest BCUT2D eigenvalue weighted by molar-refractivity contribution is 7.88. The summed E-state index contributed by atoms with van der Waals surface area (Å²) in [5, 5.41) is 3.55. The number of carbonyl (C=O) groups is 2. The lowest BCUT2D eigenvalue weighted by atomic mass is 9.98. The number of nitrogens with zero attached hydrogens (tertiary/aromatic N) is 1. The number of ether oxygens (including phenoxy) is 1. The van der Waals surface area contributed by atoms with Gasteiger partial charge in [-0.05, 0) is 55.2 Å². The summed E-state index contributed by atoms with van der Waals surface area (Å²) in [6, 6.07) is 9.66. The molecule has 1 amide bonds. The average Bonchev–Trinajstić information content (AvgIpc) is 2.76. The van der Waals surface area contributed by atoms with Crippen LogP contribution in [-0.2, 0) is 25.3 Å². The summed E-state index contributed by atoms with van der Waals surface area (Å²) in [5.41, 5.74) is 1.90. The van der Waals surface area contributed by atoms with Crippen LogP contribution in [0.25, 0.3) is 0 Å². The number of benzene rings is 2. The molecule has 1 atom stereocenters. The topological polar surface area (TPSA) is 92.8 Å². The molecule has 0 aliphatic carbocycles. The van der Waals surface area contributed by atoms with Crippen LogP contribution in [0.3, 0.4) is 0 Å². The van der Waals surface area contributed by atoms with Gasteiger partial charge in [0.25, 0.3) is 0 Å². The van der Waals surface area contributed by atoms with Gasteiger partial charge in [-0.25, -0.2) is 17.5 Å². The number of hydrogen-bond donors (Lipinski definition) is 1. The molecule has 0 unspecified atom stereocenters. The average molecular weight is 499 g/mol. The molecule has 7 nitrogen and oxygen atoms in total. The molecule has 1 fully saturated rings. The second kappa shape index (κ2) is 10.2. The van der Waals surface area contributed by atoms with Crippen molar-refractivity contribution < 1.29 is 22.7 Å². The van der Waals surface area contributed by atoms with Crippen LogP contribution in [0.5, 0.6) is 0 Å². The number of nitrogens with one attached hydrogen (secondary N) is 1. The van der Waals surface area contributed by atoms with Gasteiger partial charge in [0.05, 0.1) is 24.3 Å². The van der Waals surface area contributed by atoms with Crippen molar-refractivity contribution >= 4 is 50.8 Å². The zero-order valence-electron chi connectivity index (χ0n) is 17.7. The second-order valence-corrected chi connectivity index (χ2v) is 10.5. The molecule has 0 radical (unpaired) electrons. The minimum atomic E-state index is -3.68. The van der Waals surface area contributed by atoms with E-state index in [2.05, 4.69) is 5.32 Å². The highest BCUT2D eigenvalue weighted by Gasteiger charge is 2.33. The molecule has 0 bridgehead atoms. The van der Waals surface area contributed by atoms with E-state index < -0.39 is 21.9 Å². The maximum atomic E-state index is 13.0. The van der Waals surface area contributed by atoms with Crippen molar-refractivity contribution in [2.75, 3.05) is 25.5 Å². The van der Waals surface area contributed by atoms with E-state index in [0.29, 0.717) is 46.8 Å². The third-order valence-corrected chi connectivity index (χ3v) is 7.88. The Morgan fingerprint density at radius 1 is 1.22 bits per heavy atom. The van der Waals surface area contributed by atoms with Crippen molar-refractivity contribution in [2.24, 2.45) is 5.92 Å². The number of carbonyl (C=O) groups excluding carboxylic acids is 2. The molecule has 0 saturated carbocycles. The van der Waals surface area contributed by atoms with E-state index in [1.165, 1.54) is 17.5 Å². The molecule has 2 aromatic carbocycles. The molecule has 32 heavy (non-hydrogen) atoms. The molecule has 3 rings (SSSR count). The largest absolute Gasteiger partial charge is 0.465 e. The summed E-state index contributed by atoms with van der Waals surface area (Å²) in [4.78, 5) is 24.8. The molecule has 10 heteroatoms. The van der Waals surface area contributed by atoms with Crippen molar-refractivity contribution in [3.05, 3.63) is 63.1 Å². The van der Waals surface area contributed by atoms with Gasteiger partial charge in [0.1, 0.15) is 0 Å². The number of piperidine rings is 1. The van der Waals surface area contributed by atoms with Gasteiger partial charge in [0.15, 0.2) is 0 Å². The highest BCUT2D eigenvalue weighted by Crippen LogP contribution is 2.27. The Kier molecular flexibility index (Phi) is 7.82. The molecular formula is C22H24Cl2N2O5S. The van der Waals surface area contributed by atoms with Crippen LogP contribution in [0.15, 0.2) is 36.4 Å². The number of hydrogen-bond acceptors (Lipinski definition) is 5. The van der Waals surface area contributed by atoms with Gasteiger partial charge in [-0.1, -0.05) is 35.3 Å². The Morgan fingerprint density at radius 3 is 2.66 bits per heavy atom. The minimum Gasteiger partial charge on any atom is -0.465 e. The first-order valence-electron chi connectivity index (χ1n) is 10.0. The molecule has 0 aromatic heterocycles. The van der Waals surface area contributed by atoms with Crippen LogP contribution >= 0.6 is 23.2 Å². The van der Waals surface area contributed by atoms with E-state index in [4.69, 9.17) is 27.9 Å². The lowest BCUT2D eigenvalue weighted by Gasteiger charge is -2.31. The predicted octanol–water partition coefficient (Wildman–Crippen LogP) is 4.27. The first kappa shape index (κ1) is 24.5. The lowest BCUT2D eigenvalue weighted by Crippen LogP contribution is -2.44. The summed E-state index contributed by atoms with van der Waals surface area (Å²) in [6.07, 6.45) is 1.13. The fraction of sp³-hybridized carbons (Fsp3) is 0.364. The monoisotopic (exact) mass is 498 g/mol. The fourth-order valence-electron chi connectivity index (χ4n) is 3.67. The molecular weight excluding hydrogens is 475 g/mol. The maximum Gasteiger partial charge on any atom is 0.338 e. The number of sulfonamides is 1.